The molecule has 0 spiro atoms. The Kier molecular flexibility index (Phi) is 6.67. The number of carbonyl (C=O) groups is 1. The molecular weight excluding hydrogens is 264 g/mol. The number of nitrogens with one attached hydrogen (secondary N) is 2. The van der Waals surface area contributed by atoms with E-state index in [1.165, 1.54) is 0 Å². The second-order valence-electron chi connectivity index (χ2n) is 4.64. The minimum atomic E-state index is 0. The fourth-order valence-electron chi connectivity index (χ4n) is 2.18. The minimum absolute atomic E-state index is 0. The third kappa shape index (κ3) is 5.09. The van der Waals surface area contributed by atoms with Crippen LogP contribution in [-0.4, -0.2) is 32.1 Å². The molecule has 1 fully saturated rings. The van der Waals surface area contributed by atoms with Gasteiger partial charge in [0, 0.05) is 12.6 Å². The molecule has 1 aromatic carbocycles. The van der Waals surface area contributed by atoms with Gasteiger partial charge in [-0.15, -0.1) is 12.4 Å². The van der Waals surface area contributed by atoms with Crippen LogP contribution in [0.4, 0.5) is 0 Å². The number of ether oxygens (including phenoxy) is 1. The highest BCUT2D eigenvalue weighted by Gasteiger charge is 2.15. The summed E-state index contributed by atoms with van der Waals surface area (Å²) in [6.45, 7) is 1.94. The van der Waals surface area contributed by atoms with Gasteiger partial charge in [0.25, 0.3) is 0 Å². The molecule has 1 atom stereocenters. The van der Waals surface area contributed by atoms with Gasteiger partial charge in [0.05, 0.1) is 13.5 Å². The summed E-state index contributed by atoms with van der Waals surface area (Å²) in [4.78, 5) is 11.9. The van der Waals surface area contributed by atoms with Gasteiger partial charge < -0.3 is 15.4 Å². The number of hydrogen-bond acceptors (Lipinski definition) is 3. The van der Waals surface area contributed by atoms with Crippen LogP contribution in [0.5, 0.6) is 5.75 Å². The summed E-state index contributed by atoms with van der Waals surface area (Å²) < 4.78 is 5.09. The number of benzene rings is 1. The van der Waals surface area contributed by atoms with Crippen molar-refractivity contribution in [2.24, 2.45) is 0 Å². The van der Waals surface area contributed by atoms with E-state index >= 15 is 0 Å². The summed E-state index contributed by atoms with van der Waals surface area (Å²) in [5.41, 5.74) is 1.01. The Hall–Kier alpha value is -1.26. The molecule has 0 saturated carbocycles. The number of halogens is 1. The Morgan fingerprint density at radius 3 is 2.74 bits per heavy atom. The first-order chi connectivity index (χ1) is 8.78. The van der Waals surface area contributed by atoms with Crippen LogP contribution in [0.1, 0.15) is 18.4 Å². The molecule has 0 bridgehead atoms. The van der Waals surface area contributed by atoms with Gasteiger partial charge in [-0.05, 0) is 37.1 Å². The second-order valence-corrected chi connectivity index (χ2v) is 4.64. The molecule has 106 valence electrons. The number of hydrogen-bond donors (Lipinski definition) is 2. The second kappa shape index (κ2) is 8.02. The molecule has 1 aliphatic rings. The summed E-state index contributed by atoms with van der Waals surface area (Å²) >= 11 is 0. The minimum Gasteiger partial charge on any atom is -0.497 e. The predicted molar refractivity (Wildman–Crippen MR) is 78.0 cm³/mol. The zero-order valence-electron chi connectivity index (χ0n) is 11.1. The molecule has 2 N–H and O–H groups in total. The van der Waals surface area contributed by atoms with E-state index in [2.05, 4.69) is 10.6 Å². The number of carbonyl (C=O) groups excluding carboxylic acids is 1. The van der Waals surface area contributed by atoms with E-state index in [9.17, 15) is 4.79 Å². The first-order valence-electron chi connectivity index (χ1n) is 6.41. The van der Waals surface area contributed by atoms with Crippen molar-refractivity contribution in [3.05, 3.63) is 29.8 Å². The lowest BCUT2D eigenvalue weighted by Crippen LogP contribution is -2.46. The Balaban J connectivity index is 0.00000180. The topological polar surface area (TPSA) is 50.4 Å². The van der Waals surface area contributed by atoms with Crippen molar-refractivity contribution in [3.63, 3.8) is 0 Å². The molecule has 1 saturated heterocycles. The maximum atomic E-state index is 11.9. The van der Waals surface area contributed by atoms with E-state index in [0.717, 1.165) is 37.2 Å². The average Bonchev–Trinajstić information content (AvgIpc) is 2.40. The molecule has 1 amide bonds. The largest absolute Gasteiger partial charge is 0.497 e. The quantitative estimate of drug-likeness (QED) is 0.882. The highest BCUT2D eigenvalue weighted by atomic mass is 35.5. The van der Waals surface area contributed by atoms with Crippen molar-refractivity contribution < 1.29 is 9.53 Å². The van der Waals surface area contributed by atoms with E-state index < -0.39 is 0 Å². The fourth-order valence-corrected chi connectivity index (χ4v) is 2.18. The van der Waals surface area contributed by atoms with Gasteiger partial charge >= 0.3 is 0 Å². The standard InChI is InChI=1S/C14H20N2O2.ClH/c1-18-13-6-4-11(5-7-13)9-14(17)16-12-3-2-8-15-10-12;/h4-7,12,15H,2-3,8-10H2,1H3,(H,16,17);1H. The lowest BCUT2D eigenvalue weighted by Gasteiger charge is -2.23. The van der Waals surface area contributed by atoms with E-state index in [1.807, 2.05) is 24.3 Å². The third-order valence-corrected chi connectivity index (χ3v) is 3.19. The Labute approximate surface area is 120 Å². The van der Waals surface area contributed by atoms with Crippen LogP contribution >= 0.6 is 12.4 Å². The van der Waals surface area contributed by atoms with Gasteiger partial charge in [0.2, 0.25) is 5.91 Å². The molecule has 4 nitrogen and oxygen atoms in total. The molecule has 0 aromatic heterocycles. The van der Waals surface area contributed by atoms with Crippen molar-refractivity contribution >= 4 is 18.3 Å². The van der Waals surface area contributed by atoms with Gasteiger partial charge in [0.1, 0.15) is 5.75 Å². The van der Waals surface area contributed by atoms with E-state index in [1.54, 1.807) is 7.11 Å². The van der Waals surface area contributed by atoms with E-state index in [0.29, 0.717) is 6.42 Å². The lowest BCUT2D eigenvalue weighted by molar-refractivity contribution is -0.121. The Bertz CT molecular complexity index is 389. The molecule has 2 rings (SSSR count). The monoisotopic (exact) mass is 284 g/mol. The molecule has 1 unspecified atom stereocenters. The maximum Gasteiger partial charge on any atom is 0.224 e. The van der Waals surface area contributed by atoms with Crippen LogP contribution in [0.15, 0.2) is 24.3 Å². The van der Waals surface area contributed by atoms with Crippen LogP contribution in [0.25, 0.3) is 0 Å². The van der Waals surface area contributed by atoms with Crippen molar-refractivity contribution in [2.75, 3.05) is 20.2 Å². The Morgan fingerprint density at radius 2 is 2.16 bits per heavy atom. The Morgan fingerprint density at radius 1 is 1.42 bits per heavy atom. The molecule has 0 radical (unpaired) electrons. The molecule has 1 aliphatic heterocycles. The lowest BCUT2D eigenvalue weighted by atomic mass is 10.1. The van der Waals surface area contributed by atoms with Crippen molar-refractivity contribution in [2.45, 2.75) is 25.3 Å². The van der Waals surface area contributed by atoms with Crippen molar-refractivity contribution in [1.82, 2.24) is 10.6 Å². The SMILES string of the molecule is COc1ccc(CC(=O)NC2CCCNC2)cc1.Cl. The summed E-state index contributed by atoms with van der Waals surface area (Å²) in [6.07, 6.45) is 2.63. The van der Waals surface area contributed by atoms with E-state index in [-0.39, 0.29) is 24.4 Å². The molecule has 1 aromatic rings. The normalized spacial score (nSPS) is 18.3. The first kappa shape index (κ1) is 15.8. The van der Waals surface area contributed by atoms with Gasteiger partial charge in [0.15, 0.2) is 0 Å². The van der Waals surface area contributed by atoms with Crippen LogP contribution in [0.2, 0.25) is 0 Å². The van der Waals surface area contributed by atoms with Crippen LogP contribution in [-0.2, 0) is 11.2 Å². The molecule has 19 heavy (non-hydrogen) atoms. The van der Waals surface area contributed by atoms with Crippen LogP contribution in [0, 0.1) is 0 Å². The molecule has 0 aliphatic carbocycles. The highest BCUT2D eigenvalue weighted by Crippen LogP contribution is 2.11. The number of methoxy groups -OCH3 is 1. The number of rotatable bonds is 4. The highest BCUT2D eigenvalue weighted by molar-refractivity contribution is 5.85. The van der Waals surface area contributed by atoms with Crippen molar-refractivity contribution in [3.8, 4) is 5.75 Å². The zero-order valence-corrected chi connectivity index (χ0v) is 12.0. The molecular formula is C14H21ClN2O2. The summed E-state index contributed by atoms with van der Waals surface area (Å²) in [7, 11) is 1.64. The van der Waals surface area contributed by atoms with Gasteiger partial charge in [-0.3, -0.25) is 4.79 Å². The molecule has 5 heteroatoms. The summed E-state index contributed by atoms with van der Waals surface area (Å²) in [5.74, 6) is 0.907. The predicted octanol–water partition coefficient (Wildman–Crippen LogP) is 1.53. The average molecular weight is 285 g/mol. The first-order valence-corrected chi connectivity index (χ1v) is 6.41. The third-order valence-electron chi connectivity index (χ3n) is 3.19. The van der Waals surface area contributed by atoms with Gasteiger partial charge in [-0.1, -0.05) is 12.1 Å². The summed E-state index contributed by atoms with van der Waals surface area (Å²) in [6, 6.07) is 7.90. The zero-order chi connectivity index (χ0) is 12.8. The van der Waals surface area contributed by atoms with Crippen LogP contribution < -0.4 is 15.4 Å². The van der Waals surface area contributed by atoms with E-state index in [4.69, 9.17) is 4.74 Å². The van der Waals surface area contributed by atoms with Gasteiger partial charge in [-0.2, -0.15) is 0 Å². The van der Waals surface area contributed by atoms with Crippen molar-refractivity contribution in [1.29, 1.82) is 0 Å². The maximum absolute atomic E-state index is 11.9. The van der Waals surface area contributed by atoms with Crippen LogP contribution in [0.3, 0.4) is 0 Å². The summed E-state index contributed by atoms with van der Waals surface area (Å²) in [5, 5.41) is 6.35. The number of amides is 1. The van der Waals surface area contributed by atoms with Gasteiger partial charge in [-0.25, -0.2) is 0 Å². The fraction of sp³-hybridized carbons (Fsp3) is 0.500. The smallest absolute Gasteiger partial charge is 0.224 e. The molecule has 1 heterocycles. The number of piperidine rings is 1.